The van der Waals surface area contributed by atoms with Gasteiger partial charge in [-0.05, 0) is 49.4 Å². The van der Waals surface area contributed by atoms with Crippen LogP contribution in [0, 0.1) is 5.41 Å². The third-order valence-corrected chi connectivity index (χ3v) is 2.87. The molecule has 1 aromatic carbocycles. The predicted octanol–water partition coefficient (Wildman–Crippen LogP) is 3.47. The summed E-state index contributed by atoms with van der Waals surface area (Å²) >= 11 is 0. The van der Waals surface area contributed by atoms with Crippen LogP contribution in [0.3, 0.4) is 0 Å². The molecule has 0 atom stereocenters. The van der Waals surface area contributed by atoms with Gasteiger partial charge in [0.2, 0.25) is 0 Å². The fraction of sp³-hybridized carbons (Fsp3) is 0.571. The Balaban J connectivity index is 2.24. The fourth-order valence-electron chi connectivity index (χ4n) is 2.15. The van der Waals surface area contributed by atoms with Crippen molar-refractivity contribution in [1.29, 1.82) is 0 Å². The average molecular weight is 219 g/mol. The van der Waals surface area contributed by atoms with E-state index in [-0.39, 0.29) is 6.10 Å². The first-order valence-electron chi connectivity index (χ1n) is 6.00. The van der Waals surface area contributed by atoms with E-state index >= 15 is 0 Å². The molecule has 0 aromatic heterocycles. The van der Waals surface area contributed by atoms with Crippen LogP contribution in [0.2, 0.25) is 0 Å². The Hall–Kier alpha value is -1.18. The lowest BCUT2D eigenvalue weighted by Crippen LogP contribution is -2.30. The summed E-state index contributed by atoms with van der Waals surface area (Å²) in [6.45, 7) is 9.74. The zero-order valence-corrected chi connectivity index (χ0v) is 10.6. The van der Waals surface area contributed by atoms with E-state index in [1.807, 2.05) is 6.07 Å². The first-order valence-corrected chi connectivity index (χ1v) is 6.00. The van der Waals surface area contributed by atoms with E-state index in [4.69, 9.17) is 4.74 Å². The first-order chi connectivity index (χ1) is 7.46. The Kier molecular flexibility index (Phi) is 2.83. The van der Waals surface area contributed by atoms with Crippen LogP contribution < -0.4 is 10.1 Å². The highest BCUT2D eigenvalue weighted by Gasteiger charge is 2.25. The molecule has 0 spiro atoms. The van der Waals surface area contributed by atoms with Crippen LogP contribution in [-0.4, -0.2) is 12.6 Å². The molecule has 1 heterocycles. The van der Waals surface area contributed by atoms with Crippen molar-refractivity contribution >= 4 is 5.69 Å². The topological polar surface area (TPSA) is 21.3 Å². The van der Waals surface area contributed by atoms with Crippen LogP contribution >= 0.6 is 0 Å². The van der Waals surface area contributed by atoms with E-state index in [2.05, 4.69) is 45.1 Å². The summed E-state index contributed by atoms with van der Waals surface area (Å²) in [4.78, 5) is 0. The number of nitrogens with one attached hydrogen (secondary N) is 1. The third-order valence-electron chi connectivity index (χ3n) is 2.87. The normalized spacial score (nSPS) is 17.8. The Morgan fingerprint density at radius 1 is 1.31 bits per heavy atom. The number of anilines is 1. The van der Waals surface area contributed by atoms with Gasteiger partial charge >= 0.3 is 0 Å². The molecule has 1 aliphatic rings. The molecule has 16 heavy (non-hydrogen) atoms. The van der Waals surface area contributed by atoms with Crippen LogP contribution in [0.25, 0.3) is 0 Å². The monoisotopic (exact) mass is 219 g/mol. The number of hydrogen-bond acceptors (Lipinski definition) is 2. The Bertz CT molecular complexity index is 382. The van der Waals surface area contributed by atoms with Gasteiger partial charge in [0, 0.05) is 12.2 Å². The van der Waals surface area contributed by atoms with Gasteiger partial charge in [-0.2, -0.15) is 0 Å². The molecule has 1 N–H and O–H groups in total. The summed E-state index contributed by atoms with van der Waals surface area (Å²) in [6, 6.07) is 6.34. The number of rotatable bonds is 2. The molecule has 0 radical (unpaired) electrons. The van der Waals surface area contributed by atoms with Crippen molar-refractivity contribution in [3.8, 4) is 5.75 Å². The lowest BCUT2D eigenvalue weighted by atomic mass is 9.82. The van der Waals surface area contributed by atoms with Gasteiger partial charge in [-0.25, -0.2) is 0 Å². The highest BCUT2D eigenvalue weighted by Crippen LogP contribution is 2.34. The van der Waals surface area contributed by atoms with Gasteiger partial charge in [0.25, 0.3) is 0 Å². The molecule has 0 amide bonds. The highest BCUT2D eigenvalue weighted by molar-refractivity contribution is 5.56. The Labute approximate surface area is 98.0 Å². The van der Waals surface area contributed by atoms with E-state index < -0.39 is 0 Å². The second-order valence-electron chi connectivity index (χ2n) is 5.68. The average Bonchev–Trinajstić information content (AvgIpc) is 2.14. The summed E-state index contributed by atoms with van der Waals surface area (Å²) in [6.07, 6.45) is 1.35. The van der Waals surface area contributed by atoms with Crippen molar-refractivity contribution in [2.24, 2.45) is 5.41 Å². The number of fused-ring (bicyclic) bond motifs is 1. The van der Waals surface area contributed by atoms with Gasteiger partial charge in [0.05, 0.1) is 6.10 Å². The second kappa shape index (κ2) is 4.00. The zero-order chi connectivity index (χ0) is 11.8. The lowest BCUT2D eigenvalue weighted by molar-refractivity contribution is 0.242. The maximum Gasteiger partial charge on any atom is 0.120 e. The molecule has 0 aliphatic carbocycles. The molecular weight excluding hydrogens is 198 g/mol. The molecule has 2 rings (SSSR count). The Morgan fingerprint density at radius 3 is 2.75 bits per heavy atom. The standard InChI is InChI=1S/C14H21NO/c1-10(2)16-12-5-6-13-11(7-12)8-14(3,4)9-15-13/h5-7,10,15H,8-9H2,1-4H3. The highest BCUT2D eigenvalue weighted by atomic mass is 16.5. The molecular formula is C14H21NO. The fourth-order valence-corrected chi connectivity index (χ4v) is 2.15. The summed E-state index contributed by atoms with van der Waals surface area (Å²) in [7, 11) is 0. The van der Waals surface area contributed by atoms with Gasteiger partial charge in [0.1, 0.15) is 5.75 Å². The van der Waals surface area contributed by atoms with Crippen molar-refractivity contribution in [2.45, 2.75) is 40.2 Å². The van der Waals surface area contributed by atoms with Crippen molar-refractivity contribution in [1.82, 2.24) is 0 Å². The smallest absolute Gasteiger partial charge is 0.120 e. The second-order valence-corrected chi connectivity index (χ2v) is 5.68. The molecule has 1 aromatic rings. The summed E-state index contributed by atoms with van der Waals surface area (Å²) in [5.41, 5.74) is 2.97. The number of hydrogen-bond donors (Lipinski definition) is 1. The van der Waals surface area contributed by atoms with E-state index in [9.17, 15) is 0 Å². The molecule has 2 heteroatoms. The molecule has 0 saturated heterocycles. The minimum Gasteiger partial charge on any atom is -0.491 e. The maximum absolute atomic E-state index is 5.72. The van der Waals surface area contributed by atoms with Crippen LogP contribution in [0.4, 0.5) is 5.69 Å². The van der Waals surface area contributed by atoms with Crippen LogP contribution in [-0.2, 0) is 6.42 Å². The minimum absolute atomic E-state index is 0.239. The minimum atomic E-state index is 0.239. The van der Waals surface area contributed by atoms with E-state index in [1.54, 1.807) is 0 Å². The molecule has 88 valence electrons. The quantitative estimate of drug-likeness (QED) is 0.822. The molecule has 0 fully saturated rings. The zero-order valence-electron chi connectivity index (χ0n) is 10.6. The summed E-state index contributed by atoms with van der Waals surface area (Å²) in [5, 5.41) is 3.48. The van der Waals surface area contributed by atoms with Crippen LogP contribution in [0.1, 0.15) is 33.3 Å². The van der Waals surface area contributed by atoms with Gasteiger partial charge in [0.15, 0.2) is 0 Å². The van der Waals surface area contributed by atoms with Gasteiger partial charge < -0.3 is 10.1 Å². The van der Waals surface area contributed by atoms with Crippen LogP contribution in [0.15, 0.2) is 18.2 Å². The SMILES string of the molecule is CC(C)Oc1ccc2c(c1)CC(C)(C)CN2. The summed E-state index contributed by atoms with van der Waals surface area (Å²) in [5.74, 6) is 0.980. The van der Waals surface area contributed by atoms with Crippen molar-refractivity contribution in [2.75, 3.05) is 11.9 Å². The van der Waals surface area contributed by atoms with E-state index in [1.165, 1.54) is 11.3 Å². The maximum atomic E-state index is 5.72. The van der Waals surface area contributed by atoms with Crippen molar-refractivity contribution < 1.29 is 4.74 Å². The number of benzene rings is 1. The largest absolute Gasteiger partial charge is 0.491 e. The molecule has 0 bridgehead atoms. The summed E-state index contributed by atoms with van der Waals surface area (Å²) < 4.78 is 5.72. The third kappa shape index (κ3) is 2.49. The molecule has 0 saturated carbocycles. The Morgan fingerprint density at radius 2 is 2.06 bits per heavy atom. The van der Waals surface area contributed by atoms with E-state index in [0.29, 0.717) is 5.41 Å². The predicted molar refractivity (Wildman–Crippen MR) is 68.2 cm³/mol. The van der Waals surface area contributed by atoms with Gasteiger partial charge in [-0.3, -0.25) is 0 Å². The van der Waals surface area contributed by atoms with Gasteiger partial charge in [-0.1, -0.05) is 13.8 Å². The number of ether oxygens (including phenoxy) is 1. The lowest BCUT2D eigenvalue weighted by Gasteiger charge is -2.32. The molecule has 2 nitrogen and oxygen atoms in total. The molecule has 0 unspecified atom stereocenters. The van der Waals surface area contributed by atoms with Gasteiger partial charge in [-0.15, -0.1) is 0 Å². The van der Waals surface area contributed by atoms with Crippen LogP contribution in [0.5, 0.6) is 5.75 Å². The van der Waals surface area contributed by atoms with Crippen molar-refractivity contribution in [3.05, 3.63) is 23.8 Å². The first kappa shape index (κ1) is 11.3. The molecule has 1 aliphatic heterocycles. The van der Waals surface area contributed by atoms with Crippen molar-refractivity contribution in [3.63, 3.8) is 0 Å². The van der Waals surface area contributed by atoms with E-state index in [0.717, 1.165) is 18.7 Å².